The van der Waals surface area contributed by atoms with E-state index in [1.807, 2.05) is 0 Å². The van der Waals surface area contributed by atoms with E-state index in [4.69, 9.17) is 16.3 Å². The molecule has 0 saturated carbocycles. The van der Waals surface area contributed by atoms with Crippen LogP contribution in [0, 0.1) is 0 Å². The van der Waals surface area contributed by atoms with Crippen molar-refractivity contribution >= 4 is 43.1 Å². The summed E-state index contributed by atoms with van der Waals surface area (Å²) in [6, 6.07) is 17.8. The Bertz CT molecular complexity index is 1410. The lowest BCUT2D eigenvalue weighted by Crippen LogP contribution is -2.41. The zero-order valence-electron chi connectivity index (χ0n) is 19.3. The van der Waals surface area contributed by atoms with E-state index in [0.29, 0.717) is 11.3 Å². The van der Waals surface area contributed by atoms with Crippen LogP contribution in [0.4, 0.5) is 5.69 Å². The number of amides is 1. The van der Waals surface area contributed by atoms with Gasteiger partial charge in [0.15, 0.2) is 9.84 Å². The number of hydrogen-bond acceptors (Lipinski definition) is 6. The Balaban J connectivity index is 1.88. The topological polar surface area (TPSA) is 110 Å². The molecular weight excluding hydrogens is 512 g/mol. The van der Waals surface area contributed by atoms with E-state index in [1.165, 1.54) is 49.6 Å². The minimum Gasteiger partial charge on any atom is -0.495 e. The Morgan fingerprint density at radius 3 is 2.14 bits per heavy atom. The van der Waals surface area contributed by atoms with E-state index in [1.54, 1.807) is 37.3 Å². The number of methoxy groups -OCH3 is 1. The van der Waals surface area contributed by atoms with Crippen molar-refractivity contribution in [3.63, 3.8) is 0 Å². The Morgan fingerprint density at radius 2 is 1.60 bits per heavy atom. The fraction of sp³-hybridized carbons (Fsp3) is 0.208. The molecule has 8 nitrogen and oxygen atoms in total. The van der Waals surface area contributed by atoms with Crippen LogP contribution >= 0.6 is 11.6 Å². The van der Waals surface area contributed by atoms with Gasteiger partial charge in [-0.25, -0.2) is 16.8 Å². The summed E-state index contributed by atoms with van der Waals surface area (Å²) in [5.41, 5.74) is 0.857. The molecule has 35 heavy (non-hydrogen) atoms. The van der Waals surface area contributed by atoms with Crippen LogP contribution in [0.5, 0.6) is 5.75 Å². The van der Waals surface area contributed by atoms with Gasteiger partial charge in [-0.3, -0.25) is 9.10 Å². The zero-order valence-corrected chi connectivity index (χ0v) is 21.7. The fourth-order valence-electron chi connectivity index (χ4n) is 3.35. The number of halogens is 1. The Labute approximate surface area is 210 Å². The first-order valence-electron chi connectivity index (χ1n) is 10.4. The molecule has 3 aromatic carbocycles. The quantitative estimate of drug-likeness (QED) is 0.445. The first-order chi connectivity index (χ1) is 16.4. The minimum absolute atomic E-state index is 0.0177. The third-order valence-electron chi connectivity index (χ3n) is 5.23. The summed E-state index contributed by atoms with van der Waals surface area (Å²) < 4.78 is 56.3. The van der Waals surface area contributed by atoms with E-state index < -0.39 is 38.4 Å². The molecule has 11 heteroatoms. The van der Waals surface area contributed by atoms with Crippen molar-refractivity contribution in [1.29, 1.82) is 0 Å². The molecule has 0 unspecified atom stereocenters. The van der Waals surface area contributed by atoms with E-state index in [-0.39, 0.29) is 20.5 Å². The van der Waals surface area contributed by atoms with Crippen molar-refractivity contribution in [2.24, 2.45) is 0 Å². The van der Waals surface area contributed by atoms with Crippen molar-refractivity contribution in [3.8, 4) is 5.75 Å². The van der Waals surface area contributed by atoms with Gasteiger partial charge in [-0.2, -0.15) is 0 Å². The molecule has 0 radical (unpaired) electrons. The lowest BCUT2D eigenvalue weighted by molar-refractivity contribution is -0.120. The average molecular weight is 537 g/mol. The maximum absolute atomic E-state index is 13.4. The number of rotatable bonds is 9. The van der Waals surface area contributed by atoms with Gasteiger partial charge in [0, 0.05) is 6.26 Å². The molecule has 1 N–H and O–H groups in total. The molecule has 0 spiro atoms. The summed E-state index contributed by atoms with van der Waals surface area (Å²) in [7, 11) is -6.01. The largest absolute Gasteiger partial charge is 0.495 e. The highest BCUT2D eigenvalue weighted by atomic mass is 35.5. The second-order valence-corrected chi connectivity index (χ2v) is 12.1. The molecule has 0 aliphatic rings. The molecule has 0 saturated heterocycles. The van der Waals surface area contributed by atoms with Gasteiger partial charge < -0.3 is 10.1 Å². The number of benzene rings is 3. The van der Waals surface area contributed by atoms with Gasteiger partial charge >= 0.3 is 0 Å². The number of anilines is 1. The molecule has 0 fully saturated rings. The summed E-state index contributed by atoms with van der Waals surface area (Å²) in [5, 5.41) is 2.96. The predicted octanol–water partition coefficient (Wildman–Crippen LogP) is 3.82. The van der Waals surface area contributed by atoms with Gasteiger partial charge in [0.1, 0.15) is 12.3 Å². The molecule has 3 rings (SSSR count). The van der Waals surface area contributed by atoms with Gasteiger partial charge in [-0.05, 0) is 55.0 Å². The van der Waals surface area contributed by atoms with Crippen molar-refractivity contribution in [2.75, 3.05) is 24.2 Å². The molecule has 1 atom stereocenters. The maximum Gasteiger partial charge on any atom is 0.264 e. The van der Waals surface area contributed by atoms with Crippen LogP contribution in [-0.4, -0.2) is 42.7 Å². The van der Waals surface area contributed by atoms with Gasteiger partial charge in [-0.15, -0.1) is 0 Å². The summed E-state index contributed by atoms with van der Waals surface area (Å²) in [4.78, 5) is 13.1. The highest BCUT2D eigenvalue weighted by Crippen LogP contribution is 2.32. The summed E-state index contributed by atoms with van der Waals surface area (Å²) in [6.45, 7) is 1.21. The molecule has 0 aliphatic carbocycles. The molecule has 0 bridgehead atoms. The molecule has 0 heterocycles. The fourth-order valence-corrected chi connectivity index (χ4v) is 5.67. The number of carbonyl (C=O) groups excluding carboxylic acids is 1. The summed E-state index contributed by atoms with van der Waals surface area (Å²) in [6.07, 6.45) is 1.11. The Morgan fingerprint density at radius 1 is 0.971 bits per heavy atom. The first-order valence-corrected chi connectivity index (χ1v) is 14.1. The monoisotopic (exact) mass is 536 g/mol. The smallest absolute Gasteiger partial charge is 0.264 e. The van der Waals surface area contributed by atoms with Gasteiger partial charge in [0.25, 0.3) is 10.0 Å². The summed E-state index contributed by atoms with van der Waals surface area (Å²) >= 11 is 6.23. The number of sulfone groups is 1. The second kappa shape index (κ2) is 10.7. The van der Waals surface area contributed by atoms with Crippen LogP contribution in [-0.2, 0) is 24.7 Å². The highest BCUT2D eigenvalue weighted by molar-refractivity contribution is 7.93. The number of nitrogens with zero attached hydrogens (tertiary/aromatic N) is 1. The number of ether oxygens (including phenoxy) is 1. The molecule has 0 aromatic heterocycles. The lowest BCUT2D eigenvalue weighted by Gasteiger charge is -2.25. The molecule has 186 valence electrons. The van der Waals surface area contributed by atoms with Crippen LogP contribution in [0.15, 0.2) is 82.6 Å². The van der Waals surface area contributed by atoms with E-state index in [0.717, 1.165) is 10.6 Å². The van der Waals surface area contributed by atoms with Crippen LogP contribution in [0.25, 0.3) is 0 Å². The predicted molar refractivity (Wildman–Crippen MR) is 135 cm³/mol. The first kappa shape index (κ1) is 26.5. The number of carbonyl (C=O) groups is 1. The van der Waals surface area contributed by atoms with Gasteiger partial charge in [0.05, 0.1) is 33.7 Å². The third kappa shape index (κ3) is 6.33. The van der Waals surface area contributed by atoms with E-state index in [9.17, 15) is 21.6 Å². The summed E-state index contributed by atoms with van der Waals surface area (Å²) in [5.74, 6) is -0.195. The number of sulfonamides is 1. The van der Waals surface area contributed by atoms with Crippen LogP contribution in [0.1, 0.15) is 18.5 Å². The van der Waals surface area contributed by atoms with Crippen LogP contribution < -0.4 is 14.4 Å². The number of hydrogen-bond donors (Lipinski definition) is 1. The third-order valence-corrected chi connectivity index (χ3v) is 8.44. The standard InChI is InChI=1S/C24H25ClN2O6S2/c1-17(18-9-12-20(13-10-18)34(3,29)30)26-24(28)16-27(19-11-14-23(33-2)22(25)15-19)35(31,32)21-7-5-4-6-8-21/h4-15,17H,16H2,1-3H3,(H,26,28)/t17-/m1/s1. The minimum atomic E-state index is -4.10. The second-order valence-electron chi connectivity index (χ2n) is 7.77. The average Bonchev–Trinajstić information content (AvgIpc) is 2.82. The van der Waals surface area contributed by atoms with Crippen molar-refractivity contribution in [2.45, 2.75) is 22.8 Å². The molecule has 1 amide bonds. The van der Waals surface area contributed by atoms with Crippen molar-refractivity contribution < 1.29 is 26.4 Å². The SMILES string of the molecule is COc1ccc(N(CC(=O)N[C@H](C)c2ccc(S(C)(=O)=O)cc2)S(=O)(=O)c2ccccc2)cc1Cl. The van der Waals surface area contributed by atoms with Gasteiger partial charge in [-0.1, -0.05) is 41.9 Å². The van der Waals surface area contributed by atoms with E-state index >= 15 is 0 Å². The highest BCUT2D eigenvalue weighted by Gasteiger charge is 2.28. The van der Waals surface area contributed by atoms with Gasteiger partial charge in [0.2, 0.25) is 5.91 Å². The molecule has 3 aromatic rings. The van der Waals surface area contributed by atoms with Crippen LogP contribution in [0.3, 0.4) is 0 Å². The van der Waals surface area contributed by atoms with Crippen LogP contribution in [0.2, 0.25) is 5.02 Å². The molecule has 0 aliphatic heterocycles. The normalized spacial score (nSPS) is 12.6. The number of nitrogens with one attached hydrogen (secondary N) is 1. The van der Waals surface area contributed by atoms with Crippen molar-refractivity contribution in [3.05, 3.63) is 83.4 Å². The Kier molecular flexibility index (Phi) is 8.09. The zero-order chi connectivity index (χ0) is 25.8. The lowest BCUT2D eigenvalue weighted by atomic mass is 10.1. The van der Waals surface area contributed by atoms with Crippen molar-refractivity contribution in [1.82, 2.24) is 5.32 Å². The maximum atomic E-state index is 13.4. The Hall–Kier alpha value is -3.08. The van der Waals surface area contributed by atoms with E-state index in [2.05, 4.69) is 5.32 Å². The molecular formula is C24H25ClN2O6S2.